The Labute approximate surface area is 381 Å². The van der Waals surface area contributed by atoms with Gasteiger partial charge >= 0.3 is 5.97 Å². The van der Waals surface area contributed by atoms with Gasteiger partial charge in [0.25, 0.3) is 0 Å². The molecular weight excluding hydrogens is 755 g/mol. The predicted molar refractivity (Wildman–Crippen MR) is 264 cm³/mol. The van der Waals surface area contributed by atoms with E-state index < -0.39 is 12.1 Å². The smallest absolute Gasteiger partial charge is 0.305 e. The van der Waals surface area contributed by atoms with Crippen LogP contribution in [0.15, 0.2) is 0 Å². The summed E-state index contributed by atoms with van der Waals surface area (Å²) in [7, 11) is 0. The maximum atomic E-state index is 12.5. The lowest BCUT2D eigenvalue weighted by molar-refractivity contribution is -0.143. The molecule has 0 rings (SSSR count). The van der Waals surface area contributed by atoms with Crippen LogP contribution in [0, 0.1) is 0 Å². The number of carbonyl (C=O) groups is 2. The Balaban J connectivity index is 3.45. The van der Waals surface area contributed by atoms with Crippen molar-refractivity contribution < 1.29 is 24.5 Å². The van der Waals surface area contributed by atoms with E-state index in [2.05, 4.69) is 19.2 Å². The standard InChI is InChI=1S/C55H109NO5/c1-3-5-7-9-11-13-15-16-17-18-19-20-21-22-23-24-28-31-35-39-43-47-53(58)52(51-57)56-54(59)48-44-40-36-32-29-25-26-30-34-38-42-46-50-61-55(60)49-45-41-37-33-27-14-12-10-8-6-4-2/h52-53,57-58H,3-51H2,1-2H3,(H,56,59). The van der Waals surface area contributed by atoms with Crippen LogP contribution in [-0.2, 0) is 14.3 Å². The molecule has 0 radical (unpaired) electrons. The fraction of sp³-hybridized carbons (Fsp3) is 0.964. The van der Waals surface area contributed by atoms with Crippen LogP contribution >= 0.6 is 0 Å². The molecule has 6 nitrogen and oxygen atoms in total. The van der Waals surface area contributed by atoms with Gasteiger partial charge in [0, 0.05) is 12.8 Å². The lowest BCUT2D eigenvalue weighted by atomic mass is 10.0. The van der Waals surface area contributed by atoms with Gasteiger partial charge in [-0.15, -0.1) is 0 Å². The van der Waals surface area contributed by atoms with E-state index in [9.17, 15) is 19.8 Å². The number of ether oxygens (including phenoxy) is 1. The molecule has 0 aliphatic carbocycles. The lowest BCUT2D eigenvalue weighted by Gasteiger charge is -2.22. The second kappa shape index (κ2) is 51.5. The molecule has 61 heavy (non-hydrogen) atoms. The molecule has 0 heterocycles. The molecule has 6 heteroatoms. The fourth-order valence-electron chi connectivity index (χ4n) is 8.88. The van der Waals surface area contributed by atoms with Gasteiger partial charge in [-0.2, -0.15) is 0 Å². The third kappa shape index (κ3) is 48.2. The van der Waals surface area contributed by atoms with Crippen LogP contribution in [0.25, 0.3) is 0 Å². The van der Waals surface area contributed by atoms with Gasteiger partial charge in [-0.25, -0.2) is 0 Å². The number of esters is 1. The van der Waals surface area contributed by atoms with Gasteiger partial charge in [-0.05, 0) is 25.7 Å². The number of hydrogen-bond acceptors (Lipinski definition) is 5. The Morgan fingerprint density at radius 2 is 0.672 bits per heavy atom. The molecule has 1 amide bonds. The highest BCUT2D eigenvalue weighted by molar-refractivity contribution is 5.76. The number of hydrogen-bond donors (Lipinski definition) is 3. The van der Waals surface area contributed by atoms with Gasteiger partial charge in [0.15, 0.2) is 0 Å². The highest BCUT2D eigenvalue weighted by atomic mass is 16.5. The number of aliphatic hydroxyl groups excluding tert-OH is 2. The molecule has 0 saturated heterocycles. The summed E-state index contributed by atoms with van der Waals surface area (Å²) in [6.45, 7) is 4.94. The number of rotatable bonds is 52. The molecule has 0 spiro atoms. The molecular formula is C55H109NO5. The second-order valence-electron chi connectivity index (χ2n) is 19.3. The number of aliphatic hydroxyl groups is 2. The Bertz CT molecular complexity index is 867. The van der Waals surface area contributed by atoms with Crippen molar-refractivity contribution in [1.29, 1.82) is 0 Å². The zero-order valence-electron chi connectivity index (χ0n) is 41.4. The molecule has 0 fully saturated rings. The van der Waals surface area contributed by atoms with Crippen molar-refractivity contribution >= 4 is 11.9 Å². The molecule has 0 aromatic carbocycles. The van der Waals surface area contributed by atoms with E-state index in [0.717, 1.165) is 57.8 Å². The van der Waals surface area contributed by atoms with Crippen LogP contribution in [0.1, 0.15) is 316 Å². The maximum Gasteiger partial charge on any atom is 0.305 e. The first-order chi connectivity index (χ1) is 30.0. The van der Waals surface area contributed by atoms with Gasteiger partial charge in [-0.3, -0.25) is 9.59 Å². The first-order valence-electron chi connectivity index (χ1n) is 27.8. The molecule has 0 aliphatic heterocycles. The van der Waals surface area contributed by atoms with Crippen molar-refractivity contribution in [2.24, 2.45) is 0 Å². The number of nitrogens with one attached hydrogen (secondary N) is 1. The Hall–Kier alpha value is -1.14. The van der Waals surface area contributed by atoms with Crippen molar-refractivity contribution in [3.8, 4) is 0 Å². The summed E-state index contributed by atoms with van der Waals surface area (Å²) in [6.07, 6.45) is 57.9. The summed E-state index contributed by atoms with van der Waals surface area (Å²) in [6, 6.07) is -0.552. The van der Waals surface area contributed by atoms with Crippen LogP contribution in [0.2, 0.25) is 0 Å². The minimum absolute atomic E-state index is 0.00831. The largest absolute Gasteiger partial charge is 0.466 e. The molecule has 0 bridgehead atoms. The molecule has 0 aromatic heterocycles. The van der Waals surface area contributed by atoms with Crippen molar-refractivity contribution in [3.05, 3.63) is 0 Å². The quantitative estimate of drug-likeness (QED) is 0.0418. The summed E-state index contributed by atoms with van der Waals surface area (Å²) in [5, 5.41) is 23.3. The molecule has 0 saturated carbocycles. The highest BCUT2D eigenvalue weighted by Gasteiger charge is 2.20. The van der Waals surface area contributed by atoms with Gasteiger partial charge in [0.2, 0.25) is 5.91 Å². The third-order valence-corrected chi connectivity index (χ3v) is 13.2. The summed E-state index contributed by atoms with van der Waals surface area (Å²) < 4.78 is 5.45. The SMILES string of the molecule is CCCCCCCCCCCCCCCCCCCCCCCC(O)C(CO)NC(=O)CCCCCCCCCCCCCCOC(=O)CCCCCCCCCCCCC. The highest BCUT2D eigenvalue weighted by Crippen LogP contribution is 2.18. The predicted octanol–water partition coefficient (Wildman–Crippen LogP) is 16.7. The monoisotopic (exact) mass is 864 g/mol. The van der Waals surface area contributed by atoms with E-state index in [-0.39, 0.29) is 18.5 Å². The first kappa shape index (κ1) is 59.9. The Morgan fingerprint density at radius 3 is 1.00 bits per heavy atom. The number of amides is 1. The van der Waals surface area contributed by atoms with Crippen molar-refractivity contribution in [1.82, 2.24) is 5.32 Å². The van der Waals surface area contributed by atoms with Crippen LogP contribution in [-0.4, -0.2) is 47.4 Å². The first-order valence-corrected chi connectivity index (χ1v) is 27.8. The molecule has 0 aromatic rings. The van der Waals surface area contributed by atoms with Crippen molar-refractivity contribution in [2.45, 2.75) is 328 Å². The van der Waals surface area contributed by atoms with Crippen LogP contribution in [0.3, 0.4) is 0 Å². The molecule has 2 unspecified atom stereocenters. The normalized spacial score (nSPS) is 12.5. The summed E-state index contributed by atoms with van der Waals surface area (Å²) >= 11 is 0. The molecule has 0 aliphatic rings. The lowest BCUT2D eigenvalue weighted by Crippen LogP contribution is -2.45. The number of carbonyl (C=O) groups excluding carboxylic acids is 2. The van der Waals surface area contributed by atoms with Crippen molar-refractivity contribution in [3.63, 3.8) is 0 Å². The zero-order chi connectivity index (χ0) is 44.4. The van der Waals surface area contributed by atoms with Crippen molar-refractivity contribution in [2.75, 3.05) is 13.2 Å². The zero-order valence-corrected chi connectivity index (χ0v) is 41.4. The molecule has 3 N–H and O–H groups in total. The number of unbranched alkanes of at least 4 members (excludes halogenated alkanes) is 41. The second-order valence-corrected chi connectivity index (χ2v) is 19.3. The summed E-state index contributed by atoms with van der Waals surface area (Å²) in [5.74, 6) is -0.0549. The fourth-order valence-corrected chi connectivity index (χ4v) is 8.88. The van der Waals surface area contributed by atoms with E-state index in [1.54, 1.807) is 0 Å². The minimum Gasteiger partial charge on any atom is -0.466 e. The van der Waals surface area contributed by atoms with Gasteiger partial charge < -0.3 is 20.3 Å². The molecule has 2 atom stereocenters. The van der Waals surface area contributed by atoms with E-state index >= 15 is 0 Å². The van der Waals surface area contributed by atoms with Gasteiger partial charge in [0.1, 0.15) is 0 Å². The van der Waals surface area contributed by atoms with Gasteiger partial charge in [-0.1, -0.05) is 277 Å². The Kier molecular flexibility index (Phi) is 50.5. The van der Waals surface area contributed by atoms with E-state index in [0.29, 0.717) is 25.9 Å². The average molecular weight is 864 g/mol. The van der Waals surface area contributed by atoms with E-state index in [4.69, 9.17) is 4.74 Å². The van der Waals surface area contributed by atoms with E-state index in [1.165, 1.54) is 225 Å². The Morgan fingerprint density at radius 1 is 0.393 bits per heavy atom. The minimum atomic E-state index is -0.673. The van der Waals surface area contributed by atoms with Crippen LogP contribution < -0.4 is 5.32 Å². The third-order valence-electron chi connectivity index (χ3n) is 13.2. The maximum absolute atomic E-state index is 12.5. The topological polar surface area (TPSA) is 95.9 Å². The summed E-state index contributed by atoms with van der Waals surface area (Å²) in [5.41, 5.74) is 0. The van der Waals surface area contributed by atoms with E-state index in [1.807, 2.05) is 0 Å². The van der Waals surface area contributed by atoms with Crippen LogP contribution in [0.5, 0.6) is 0 Å². The average Bonchev–Trinajstić information content (AvgIpc) is 3.26. The van der Waals surface area contributed by atoms with Crippen LogP contribution in [0.4, 0.5) is 0 Å². The molecule has 364 valence electrons. The summed E-state index contributed by atoms with van der Waals surface area (Å²) in [4.78, 5) is 24.5. The van der Waals surface area contributed by atoms with Gasteiger partial charge in [0.05, 0.1) is 25.4 Å².